The summed E-state index contributed by atoms with van der Waals surface area (Å²) in [5.74, 6) is 2.80. The van der Waals surface area contributed by atoms with Gasteiger partial charge in [-0.1, -0.05) is 5.16 Å². The van der Waals surface area contributed by atoms with Gasteiger partial charge in [0.2, 0.25) is 0 Å². The highest BCUT2D eigenvalue weighted by Gasteiger charge is 2.27. The van der Waals surface area contributed by atoms with Gasteiger partial charge in [-0.3, -0.25) is 9.88 Å². The van der Waals surface area contributed by atoms with E-state index < -0.39 is 0 Å². The van der Waals surface area contributed by atoms with Crippen molar-refractivity contribution in [3.05, 3.63) is 59.8 Å². The maximum absolute atomic E-state index is 5.79. The molecule has 1 atom stereocenters. The standard InChI is InChI=1S/C19H23N5O2/c1-14-11-16(22-26-14)13-23-8-9-24-17(12-21-19(24)15(23)2)5-10-25-18-3-6-20-7-4-18/h3-4,6-7,11-12,15H,5,8-10,13H2,1-2H3/t15-/m1/s1. The fraction of sp³-hybridized carbons (Fsp3) is 0.421. The summed E-state index contributed by atoms with van der Waals surface area (Å²) in [5.41, 5.74) is 2.19. The molecule has 0 saturated carbocycles. The van der Waals surface area contributed by atoms with Gasteiger partial charge in [-0.2, -0.15) is 0 Å². The maximum Gasteiger partial charge on any atom is 0.133 e. The molecule has 3 aromatic rings. The van der Waals surface area contributed by atoms with E-state index in [4.69, 9.17) is 9.26 Å². The molecule has 0 unspecified atom stereocenters. The number of hydrogen-bond donors (Lipinski definition) is 0. The van der Waals surface area contributed by atoms with Crippen LogP contribution in [0.15, 0.2) is 41.3 Å². The molecule has 0 bridgehead atoms. The van der Waals surface area contributed by atoms with Gasteiger partial charge in [-0.15, -0.1) is 0 Å². The highest BCUT2D eigenvalue weighted by Crippen LogP contribution is 2.27. The normalized spacial score (nSPS) is 17.2. The van der Waals surface area contributed by atoms with Gasteiger partial charge in [0.15, 0.2) is 0 Å². The Morgan fingerprint density at radius 1 is 1.27 bits per heavy atom. The Bertz CT molecular complexity index is 858. The molecule has 0 N–H and O–H groups in total. The summed E-state index contributed by atoms with van der Waals surface area (Å²) >= 11 is 0. The summed E-state index contributed by atoms with van der Waals surface area (Å²) in [4.78, 5) is 11.1. The molecule has 0 fully saturated rings. The average molecular weight is 353 g/mol. The smallest absolute Gasteiger partial charge is 0.133 e. The molecule has 3 aromatic heterocycles. The van der Waals surface area contributed by atoms with E-state index in [0.717, 1.165) is 49.1 Å². The molecule has 26 heavy (non-hydrogen) atoms. The predicted molar refractivity (Wildman–Crippen MR) is 95.7 cm³/mol. The molecule has 4 heterocycles. The van der Waals surface area contributed by atoms with E-state index in [1.165, 1.54) is 5.69 Å². The Labute approximate surface area is 152 Å². The van der Waals surface area contributed by atoms with Crippen LogP contribution in [0.5, 0.6) is 5.75 Å². The monoisotopic (exact) mass is 353 g/mol. The first-order chi connectivity index (χ1) is 12.7. The fourth-order valence-electron chi connectivity index (χ4n) is 3.43. The number of fused-ring (bicyclic) bond motifs is 1. The number of nitrogens with zero attached hydrogens (tertiary/aromatic N) is 5. The molecule has 0 saturated heterocycles. The third kappa shape index (κ3) is 3.48. The zero-order chi connectivity index (χ0) is 17.9. The van der Waals surface area contributed by atoms with Gasteiger partial charge in [0.25, 0.3) is 0 Å². The third-order valence-electron chi connectivity index (χ3n) is 4.82. The summed E-state index contributed by atoms with van der Waals surface area (Å²) in [6.45, 7) is 7.43. The van der Waals surface area contributed by atoms with Gasteiger partial charge in [0, 0.05) is 56.4 Å². The van der Waals surface area contributed by atoms with Crippen molar-refractivity contribution in [2.75, 3.05) is 13.2 Å². The van der Waals surface area contributed by atoms with Crippen LogP contribution >= 0.6 is 0 Å². The lowest BCUT2D eigenvalue weighted by Gasteiger charge is -2.33. The molecule has 7 nitrogen and oxygen atoms in total. The van der Waals surface area contributed by atoms with E-state index >= 15 is 0 Å². The SMILES string of the molecule is Cc1cc(CN2CCn3c(CCOc4ccncc4)cnc3[C@H]2C)no1. The minimum Gasteiger partial charge on any atom is -0.493 e. The van der Waals surface area contributed by atoms with Crippen molar-refractivity contribution in [3.63, 3.8) is 0 Å². The van der Waals surface area contributed by atoms with Gasteiger partial charge in [-0.25, -0.2) is 4.98 Å². The van der Waals surface area contributed by atoms with Crippen LogP contribution in [0.2, 0.25) is 0 Å². The van der Waals surface area contributed by atoms with Crippen molar-refractivity contribution in [3.8, 4) is 5.75 Å². The lowest BCUT2D eigenvalue weighted by Crippen LogP contribution is -2.37. The number of hydrogen-bond acceptors (Lipinski definition) is 6. The predicted octanol–water partition coefficient (Wildman–Crippen LogP) is 2.77. The number of pyridine rings is 1. The van der Waals surface area contributed by atoms with E-state index in [1.54, 1.807) is 12.4 Å². The minimum atomic E-state index is 0.246. The Hall–Kier alpha value is -2.67. The first kappa shape index (κ1) is 16.8. The number of ether oxygens (including phenoxy) is 1. The zero-order valence-corrected chi connectivity index (χ0v) is 15.1. The van der Waals surface area contributed by atoms with Crippen LogP contribution in [0.3, 0.4) is 0 Å². The second-order valence-electron chi connectivity index (χ2n) is 6.62. The minimum absolute atomic E-state index is 0.246. The molecular weight excluding hydrogens is 330 g/mol. The Balaban J connectivity index is 1.39. The number of rotatable bonds is 6. The third-order valence-corrected chi connectivity index (χ3v) is 4.82. The largest absolute Gasteiger partial charge is 0.493 e. The zero-order valence-electron chi connectivity index (χ0n) is 15.1. The lowest BCUT2D eigenvalue weighted by atomic mass is 10.2. The van der Waals surface area contributed by atoms with Crippen molar-refractivity contribution in [1.29, 1.82) is 0 Å². The Morgan fingerprint density at radius 2 is 2.12 bits per heavy atom. The molecule has 7 heteroatoms. The van der Waals surface area contributed by atoms with Crippen molar-refractivity contribution >= 4 is 0 Å². The topological polar surface area (TPSA) is 69.2 Å². The van der Waals surface area contributed by atoms with Crippen LogP contribution in [-0.2, 0) is 19.5 Å². The summed E-state index contributed by atoms with van der Waals surface area (Å²) in [7, 11) is 0. The van der Waals surface area contributed by atoms with Gasteiger partial charge < -0.3 is 13.8 Å². The van der Waals surface area contributed by atoms with Crippen LogP contribution in [-0.4, -0.2) is 37.7 Å². The van der Waals surface area contributed by atoms with Crippen LogP contribution in [0, 0.1) is 6.92 Å². The van der Waals surface area contributed by atoms with Crippen molar-refractivity contribution in [2.24, 2.45) is 0 Å². The number of imidazole rings is 1. The molecule has 0 aliphatic carbocycles. The van der Waals surface area contributed by atoms with Crippen molar-refractivity contribution in [1.82, 2.24) is 24.6 Å². The molecule has 1 aliphatic rings. The highest BCUT2D eigenvalue weighted by molar-refractivity contribution is 5.17. The van der Waals surface area contributed by atoms with Gasteiger partial charge in [0.1, 0.15) is 17.3 Å². The molecule has 0 amide bonds. The average Bonchev–Trinajstić information content (AvgIpc) is 3.25. The van der Waals surface area contributed by atoms with E-state index in [0.29, 0.717) is 6.61 Å². The molecule has 0 spiro atoms. The molecule has 4 rings (SSSR count). The molecule has 0 aromatic carbocycles. The first-order valence-electron chi connectivity index (χ1n) is 8.94. The summed E-state index contributed by atoms with van der Waals surface area (Å²) in [6.07, 6.45) is 6.29. The second-order valence-corrected chi connectivity index (χ2v) is 6.62. The quantitative estimate of drug-likeness (QED) is 0.679. The molecular formula is C19H23N5O2. The van der Waals surface area contributed by atoms with Crippen molar-refractivity contribution in [2.45, 2.75) is 39.4 Å². The van der Waals surface area contributed by atoms with Crippen molar-refractivity contribution < 1.29 is 9.26 Å². The highest BCUT2D eigenvalue weighted by atomic mass is 16.5. The number of aryl methyl sites for hydroxylation is 1. The van der Waals surface area contributed by atoms with Crippen LogP contribution in [0.25, 0.3) is 0 Å². The van der Waals surface area contributed by atoms with Gasteiger partial charge in [0.05, 0.1) is 18.3 Å². The summed E-state index contributed by atoms with van der Waals surface area (Å²) in [5, 5.41) is 4.11. The maximum atomic E-state index is 5.79. The fourth-order valence-corrected chi connectivity index (χ4v) is 3.43. The first-order valence-corrected chi connectivity index (χ1v) is 8.94. The molecule has 0 radical (unpaired) electrons. The van der Waals surface area contributed by atoms with E-state index in [9.17, 15) is 0 Å². The van der Waals surface area contributed by atoms with Gasteiger partial charge >= 0.3 is 0 Å². The van der Waals surface area contributed by atoms with E-state index in [-0.39, 0.29) is 6.04 Å². The van der Waals surface area contributed by atoms with E-state index in [2.05, 4.69) is 31.5 Å². The van der Waals surface area contributed by atoms with Gasteiger partial charge in [-0.05, 0) is 26.0 Å². The molecule has 1 aliphatic heterocycles. The van der Waals surface area contributed by atoms with Crippen LogP contribution < -0.4 is 4.74 Å². The number of aromatic nitrogens is 4. The summed E-state index contributed by atoms with van der Waals surface area (Å²) in [6, 6.07) is 5.99. The molecule has 136 valence electrons. The lowest BCUT2D eigenvalue weighted by molar-refractivity contribution is 0.150. The summed E-state index contributed by atoms with van der Waals surface area (Å²) < 4.78 is 13.3. The van der Waals surface area contributed by atoms with E-state index in [1.807, 2.05) is 31.3 Å². The Kier molecular flexibility index (Phi) is 4.71. The van der Waals surface area contributed by atoms with Crippen LogP contribution in [0.4, 0.5) is 0 Å². The van der Waals surface area contributed by atoms with Crippen LogP contribution in [0.1, 0.15) is 35.9 Å². The Morgan fingerprint density at radius 3 is 2.88 bits per heavy atom. The second kappa shape index (κ2) is 7.29.